The average Bonchev–Trinajstić information content (AvgIpc) is 2.95. The highest BCUT2D eigenvalue weighted by Crippen LogP contribution is 2.71. The Morgan fingerprint density at radius 3 is 2.47 bits per heavy atom. The second-order valence-electron chi connectivity index (χ2n) is 10.9. The van der Waals surface area contributed by atoms with Crippen molar-refractivity contribution in [2.75, 3.05) is 6.61 Å². The predicted molar refractivity (Wildman–Crippen MR) is 119 cm³/mol. The SMILES string of the molecule is CC(=O)OCC(=O)[C@@]1(OC(C)=O)[C@H](C)C[C@H]2[C@@H]3CCC4=CC(=O)C=C[C@]4(C)[C@@]3(F)[C@@H](O)C[C@@]21C. The molecule has 3 fully saturated rings. The number of carbonyl (C=O) groups excluding carboxylic acids is 4. The van der Waals surface area contributed by atoms with Crippen LogP contribution in [-0.4, -0.2) is 52.6 Å². The summed E-state index contributed by atoms with van der Waals surface area (Å²) < 4.78 is 28.0. The van der Waals surface area contributed by atoms with Crippen LogP contribution < -0.4 is 0 Å². The van der Waals surface area contributed by atoms with Gasteiger partial charge in [-0.15, -0.1) is 0 Å². The fourth-order valence-electron chi connectivity index (χ4n) is 7.90. The van der Waals surface area contributed by atoms with Crippen molar-refractivity contribution in [3.8, 4) is 0 Å². The molecule has 4 aliphatic rings. The number of aliphatic hydroxyl groups is 1. The number of fused-ring (bicyclic) bond motifs is 5. The third-order valence-electron chi connectivity index (χ3n) is 9.31. The summed E-state index contributed by atoms with van der Waals surface area (Å²) in [7, 11) is 0. The van der Waals surface area contributed by atoms with Gasteiger partial charge in [0.05, 0.1) is 6.10 Å². The van der Waals surface area contributed by atoms with Crippen LogP contribution in [0.25, 0.3) is 0 Å². The third kappa shape index (κ3) is 3.03. The number of allylic oxidation sites excluding steroid dienone is 4. The fourth-order valence-corrected chi connectivity index (χ4v) is 7.90. The lowest BCUT2D eigenvalue weighted by Gasteiger charge is -2.62. The molecule has 7 nitrogen and oxygen atoms in total. The summed E-state index contributed by atoms with van der Waals surface area (Å²) in [5.41, 5.74) is -5.26. The van der Waals surface area contributed by atoms with Gasteiger partial charge < -0.3 is 14.6 Å². The molecule has 0 aromatic heterocycles. The maximum absolute atomic E-state index is 17.2. The molecule has 0 heterocycles. The van der Waals surface area contributed by atoms with Gasteiger partial charge in [-0.2, -0.15) is 0 Å². The molecule has 4 aliphatic carbocycles. The van der Waals surface area contributed by atoms with E-state index < -0.39 is 64.4 Å². The summed E-state index contributed by atoms with van der Waals surface area (Å²) >= 11 is 0. The Bertz CT molecular complexity index is 1020. The smallest absolute Gasteiger partial charge is 0.303 e. The van der Waals surface area contributed by atoms with Gasteiger partial charge in [-0.3, -0.25) is 19.2 Å². The van der Waals surface area contributed by atoms with Crippen LogP contribution in [0.3, 0.4) is 0 Å². The van der Waals surface area contributed by atoms with Gasteiger partial charge in [0.25, 0.3) is 0 Å². The quantitative estimate of drug-likeness (QED) is 0.622. The van der Waals surface area contributed by atoms with Gasteiger partial charge in [-0.25, -0.2) is 4.39 Å². The fraction of sp³-hybridized carbons (Fsp3) is 0.692. The number of aliphatic hydroxyl groups excluding tert-OH is 1. The summed E-state index contributed by atoms with van der Waals surface area (Å²) in [5.74, 6) is -3.51. The van der Waals surface area contributed by atoms with Crippen LogP contribution in [0, 0.1) is 28.6 Å². The van der Waals surface area contributed by atoms with E-state index in [1.807, 2.05) is 0 Å². The molecule has 0 aromatic carbocycles. The molecular formula is C26H33FO7. The van der Waals surface area contributed by atoms with Crippen molar-refractivity contribution in [2.24, 2.45) is 28.6 Å². The van der Waals surface area contributed by atoms with Crippen LogP contribution in [0.4, 0.5) is 4.39 Å². The number of rotatable bonds is 4. The number of carbonyl (C=O) groups is 4. The lowest BCUT2D eigenvalue weighted by molar-refractivity contribution is -0.228. The summed E-state index contributed by atoms with van der Waals surface area (Å²) in [4.78, 5) is 49.2. The first-order valence-electron chi connectivity index (χ1n) is 11.9. The molecular weight excluding hydrogens is 443 g/mol. The van der Waals surface area contributed by atoms with E-state index in [2.05, 4.69) is 0 Å². The Kier molecular flexibility index (Phi) is 5.71. The molecule has 1 N–H and O–H groups in total. The molecule has 4 rings (SSSR count). The lowest BCUT2D eigenvalue weighted by Crippen LogP contribution is -2.70. The van der Waals surface area contributed by atoms with E-state index in [4.69, 9.17) is 9.47 Å². The standard InChI is InChI=1S/C26H33FO7/c1-14-10-20-19-7-6-17-11-18(30)8-9-23(17,4)25(19,27)21(31)12-24(20,5)26(14,34-16(3)29)22(32)13-33-15(2)28/h8-9,11,14,19-21,31H,6-7,10,12-13H2,1-5H3/t14-,19+,20+,21+,23+,24+,25+,26+/m1/s1. The molecule has 0 saturated heterocycles. The minimum absolute atomic E-state index is 0.112. The van der Waals surface area contributed by atoms with Crippen molar-refractivity contribution >= 4 is 23.5 Å². The van der Waals surface area contributed by atoms with Gasteiger partial charge in [0.2, 0.25) is 5.78 Å². The molecule has 0 amide bonds. The zero-order valence-corrected chi connectivity index (χ0v) is 20.4. The van der Waals surface area contributed by atoms with E-state index in [1.165, 1.54) is 26.0 Å². The number of alkyl halides is 1. The van der Waals surface area contributed by atoms with Gasteiger partial charge in [-0.1, -0.05) is 25.5 Å². The van der Waals surface area contributed by atoms with E-state index in [0.717, 1.165) is 0 Å². The largest absolute Gasteiger partial charge is 0.458 e. The molecule has 8 atom stereocenters. The molecule has 34 heavy (non-hydrogen) atoms. The predicted octanol–water partition coefficient (Wildman–Crippen LogP) is 3.04. The minimum Gasteiger partial charge on any atom is -0.458 e. The van der Waals surface area contributed by atoms with Crippen LogP contribution >= 0.6 is 0 Å². The number of ketones is 2. The zero-order valence-electron chi connectivity index (χ0n) is 20.4. The summed E-state index contributed by atoms with van der Waals surface area (Å²) in [6.45, 7) is 7.14. The Balaban J connectivity index is 1.82. The molecule has 0 spiro atoms. The minimum atomic E-state index is -2.05. The topological polar surface area (TPSA) is 107 Å². The Morgan fingerprint density at radius 2 is 1.85 bits per heavy atom. The second-order valence-corrected chi connectivity index (χ2v) is 10.9. The van der Waals surface area contributed by atoms with Crippen LogP contribution in [0.15, 0.2) is 23.8 Å². The molecule has 0 aliphatic heterocycles. The molecule has 0 unspecified atom stereocenters. The lowest BCUT2D eigenvalue weighted by atomic mass is 9.44. The number of Topliss-reactive ketones (excluding diaryl/α,β-unsaturated/α-hetero) is 1. The third-order valence-corrected chi connectivity index (χ3v) is 9.31. The molecule has 186 valence electrons. The first-order chi connectivity index (χ1) is 15.7. The number of ether oxygens (including phenoxy) is 2. The van der Waals surface area contributed by atoms with E-state index in [-0.39, 0.29) is 18.1 Å². The van der Waals surface area contributed by atoms with Crippen LogP contribution in [0.5, 0.6) is 0 Å². The van der Waals surface area contributed by atoms with Crippen LogP contribution in [-0.2, 0) is 28.7 Å². The number of hydrogen-bond donors (Lipinski definition) is 1. The van der Waals surface area contributed by atoms with Gasteiger partial charge in [0.15, 0.2) is 23.7 Å². The molecule has 3 saturated carbocycles. The monoisotopic (exact) mass is 476 g/mol. The van der Waals surface area contributed by atoms with Crippen molar-refractivity contribution in [1.29, 1.82) is 0 Å². The Labute approximate surface area is 198 Å². The van der Waals surface area contributed by atoms with Gasteiger partial charge >= 0.3 is 11.9 Å². The maximum Gasteiger partial charge on any atom is 0.303 e. The highest BCUT2D eigenvalue weighted by atomic mass is 19.1. The molecule has 0 radical (unpaired) electrons. The summed E-state index contributed by atoms with van der Waals surface area (Å²) in [5, 5.41) is 11.4. The molecule has 0 aromatic rings. The Morgan fingerprint density at radius 1 is 1.18 bits per heavy atom. The second kappa shape index (κ2) is 7.83. The van der Waals surface area contributed by atoms with Gasteiger partial charge in [0.1, 0.15) is 0 Å². The van der Waals surface area contributed by atoms with Crippen molar-refractivity contribution in [1.82, 2.24) is 0 Å². The first-order valence-corrected chi connectivity index (χ1v) is 11.9. The summed E-state index contributed by atoms with van der Waals surface area (Å²) in [6.07, 6.45) is 4.14. The molecule has 0 bridgehead atoms. The number of halogens is 1. The highest BCUT2D eigenvalue weighted by Gasteiger charge is 2.77. The van der Waals surface area contributed by atoms with E-state index in [1.54, 1.807) is 26.8 Å². The normalized spacial score (nSPS) is 44.9. The number of hydrogen-bond acceptors (Lipinski definition) is 7. The van der Waals surface area contributed by atoms with E-state index >= 15 is 4.39 Å². The number of esters is 2. The zero-order chi connectivity index (χ0) is 25.3. The van der Waals surface area contributed by atoms with Crippen molar-refractivity contribution in [3.63, 3.8) is 0 Å². The van der Waals surface area contributed by atoms with Crippen LogP contribution in [0.1, 0.15) is 60.3 Å². The first kappa shape index (κ1) is 24.8. The van der Waals surface area contributed by atoms with Crippen molar-refractivity contribution in [2.45, 2.75) is 77.7 Å². The molecule has 8 heteroatoms. The van der Waals surface area contributed by atoms with Crippen molar-refractivity contribution in [3.05, 3.63) is 23.8 Å². The Hall–Kier alpha value is -2.35. The van der Waals surface area contributed by atoms with Gasteiger partial charge in [0, 0.05) is 36.5 Å². The van der Waals surface area contributed by atoms with Crippen molar-refractivity contribution < 1.29 is 38.1 Å². The maximum atomic E-state index is 17.2. The van der Waals surface area contributed by atoms with E-state index in [9.17, 15) is 24.3 Å². The average molecular weight is 477 g/mol. The van der Waals surface area contributed by atoms with E-state index in [0.29, 0.717) is 24.8 Å². The van der Waals surface area contributed by atoms with Crippen LogP contribution in [0.2, 0.25) is 0 Å². The highest BCUT2D eigenvalue weighted by molar-refractivity contribution is 6.01. The summed E-state index contributed by atoms with van der Waals surface area (Å²) in [6, 6.07) is 0. The van der Waals surface area contributed by atoms with Gasteiger partial charge in [-0.05, 0) is 50.7 Å².